The molecule has 408 valence electrons. The molecule has 80 heavy (non-hydrogen) atoms. The number of fused-ring (bicyclic) bond motifs is 5. The molecule has 6 amide bonds. The first-order chi connectivity index (χ1) is 38.6. The lowest BCUT2D eigenvalue weighted by Gasteiger charge is -2.27. The number of carbonyl (C=O) groups is 6. The van der Waals surface area contributed by atoms with Gasteiger partial charge in [0, 0.05) is 31.2 Å². The van der Waals surface area contributed by atoms with E-state index in [4.69, 9.17) is 9.47 Å². The van der Waals surface area contributed by atoms with E-state index in [2.05, 4.69) is 53.1 Å². The van der Waals surface area contributed by atoms with E-state index in [1.807, 2.05) is 60.7 Å². The highest BCUT2D eigenvalue weighted by molar-refractivity contribution is 9.10. The third-order valence-electron chi connectivity index (χ3n) is 15.1. The fourth-order valence-corrected chi connectivity index (χ4v) is 11.3. The molecule has 8 aromatic carbocycles. The molecule has 16 nitrogen and oxygen atoms in total. The molecule has 2 aliphatic heterocycles. The van der Waals surface area contributed by atoms with E-state index in [9.17, 15) is 9.59 Å². The predicted octanol–water partition coefficient (Wildman–Crippen LogP) is 9.26. The second-order valence-corrected chi connectivity index (χ2v) is 21.6. The van der Waals surface area contributed by atoms with Gasteiger partial charge < -0.3 is 50.3 Å². The van der Waals surface area contributed by atoms with Crippen LogP contribution in [0.5, 0.6) is 11.5 Å². The van der Waals surface area contributed by atoms with Crippen LogP contribution in [0.3, 0.4) is 0 Å². The largest absolute Gasteiger partial charge is 0.496 e. The maximum Gasteiger partial charge on any atom is 0.258 e. The summed E-state index contributed by atoms with van der Waals surface area (Å²) in [5.41, 5.74) is 3.93. The van der Waals surface area contributed by atoms with Gasteiger partial charge in [-0.2, -0.15) is 0 Å². The van der Waals surface area contributed by atoms with Gasteiger partial charge in [0.2, 0.25) is 11.8 Å². The van der Waals surface area contributed by atoms with Crippen molar-refractivity contribution in [2.45, 2.75) is 51.1 Å². The molecule has 0 fully saturated rings. The number of halogens is 2. The van der Waals surface area contributed by atoms with Crippen molar-refractivity contribution in [2.24, 2.45) is 0 Å². The molecule has 2 aliphatic rings. The van der Waals surface area contributed by atoms with Crippen molar-refractivity contribution in [3.63, 3.8) is 0 Å². The quantitative estimate of drug-likeness (QED) is 0.0820. The van der Waals surface area contributed by atoms with Crippen molar-refractivity contribution in [1.82, 2.24) is 21.3 Å². The number of ether oxygens (including phenoxy) is 2. The molecule has 10 rings (SSSR count). The number of hydrogen-bond donors (Lipinski definition) is 4. The Morgan fingerprint density at radius 2 is 0.887 bits per heavy atom. The first kappa shape index (κ1) is 55.2. The van der Waals surface area contributed by atoms with Gasteiger partial charge in [0.1, 0.15) is 23.6 Å². The zero-order valence-corrected chi connectivity index (χ0v) is 48.0. The number of hydrogen-bond acceptors (Lipinski definition) is 10. The summed E-state index contributed by atoms with van der Waals surface area (Å²) in [6.07, 6.45) is 0. The molecule has 0 bridgehead atoms. The average molecular weight is 1200 g/mol. The van der Waals surface area contributed by atoms with E-state index >= 15 is 19.2 Å². The third kappa shape index (κ3) is 10.7. The van der Waals surface area contributed by atoms with E-state index in [1.165, 1.54) is 9.80 Å². The molecule has 8 aromatic rings. The van der Waals surface area contributed by atoms with E-state index in [-0.39, 0.29) is 26.2 Å². The van der Waals surface area contributed by atoms with Gasteiger partial charge in [0.15, 0.2) is 0 Å². The predicted molar refractivity (Wildman–Crippen MR) is 320 cm³/mol. The second-order valence-electron chi connectivity index (χ2n) is 19.8. The summed E-state index contributed by atoms with van der Waals surface area (Å²) in [5, 5.41) is 16.7. The lowest BCUT2D eigenvalue weighted by atomic mass is 10.0. The van der Waals surface area contributed by atoms with Crippen molar-refractivity contribution in [1.29, 1.82) is 0 Å². The highest BCUT2D eigenvalue weighted by Crippen LogP contribution is 2.41. The van der Waals surface area contributed by atoms with Crippen LogP contribution in [0.15, 0.2) is 155 Å². The van der Waals surface area contributed by atoms with Crippen LogP contribution < -0.4 is 50.3 Å². The summed E-state index contributed by atoms with van der Waals surface area (Å²) in [4.78, 5) is 93.9. The summed E-state index contributed by atoms with van der Waals surface area (Å²) in [6.45, 7) is 3.14. The number of rotatable bonds is 14. The summed E-state index contributed by atoms with van der Waals surface area (Å²) in [5.74, 6) is -1.37. The molecule has 2 heterocycles. The van der Waals surface area contributed by atoms with Crippen LogP contribution in [0, 0.1) is 0 Å². The topological polar surface area (TPSA) is 182 Å². The zero-order chi connectivity index (χ0) is 56.5. The van der Waals surface area contributed by atoms with Gasteiger partial charge in [-0.3, -0.25) is 28.8 Å². The van der Waals surface area contributed by atoms with E-state index < -0.39 is 59.6 Å². The number of nitrogens with one attached hydrogen (secondary N) is 4. The number of likely N-dealkylation sites (N-methyl/N-ethyl adjacent to an activating group) is 2. The number of para-hydroxylation sites is 4. The summed E-state index contributed by atoms with van der Waals surface area (Å²) in [6, 6.07) is 40.5. The van der Waals surface area contributed by atoms with Crippen LogP contribution in [-0.4, -0.2) is 101 Å². The average Bonchev–Trinajstić information content (AvgIpc) is 3.71. The fraction of sp³-hybridized carbons (Fsp3) is 0.226. The van der Waals surface area contributed by atoms with Crippen molar-refractivity contribution < 1.29 is 38.2 Å². The van der Waals surface area contributed by atoms with Crippen LogP contribution >= 0.6 is 31.9 Å². The first-order valence-corrected chi connectivity index (χ1v) is 27.6. The van der Waals surface area contributed by atoms with Crippen molar-refractivity contribution in [2.75, 3.05) is 61.0 Å². The minimum atomic E-state index is -1.16. The van der Waals surface area contributed by atoms with E-state index in [0.29, 0.717) is 56.1 Å². The second kappa shape index (κ2) is 23.3. The van der Waals surface area contributed by atoms with E-state index in [0.717, 1.165) is 41.6 Å². The Morgan fingerprint density at radius 3 is 1.26 bits per heavy atom. The Labute approximate surface area is 479 Å². The molecule has 0 aromatic heterocycles. The Kier molecular flexibility index (Phi) is 16.1. The Morgan fingerprint density at radius 1 is 0.512 bits per heavy atom. The molecule has 0 radical (unpaired) electrons. The maximum atomic E-state index is 15.2. The molecule has 4 N–H and O–H groups in total. The molecular formula is C62H58Br2N8O8. The van der Waals surface area contributed by atoms with E-state index in [1.54, 1.807) is 137 Å². The van der Waals surface area contributed by atoms with Gasteiger partial charge in [-0.25, -0.2) is 0 Å². The number of nitrogens with zero attached hydrogens (tertiary/aromatic N) is 4. The minimum absolute atomic E-state index is 0.0617. The molecule has 18 heteroatoms. The van der Waals surface area contributed by atoms with Crippen LogP contribution in [0.25, 0.3) is 32.3 Å². The van der Waals surface area contributed by atoms with Crippen molar-refractivity contribution in [3.8, 4) is 11.5 Å². The van der Waals surface area contributed by atoms with Crippen LogP contribution in [0.4, 0.5) is 22.7 Å². The zero-order valence-electron chi connectivity index (χ0n) is 44.8. The molecule has 0 aliphatic carbocycles. The van der Waals surface area contributed by atoms with Crippen LogP contribution in [0.1, 0.15) is 45.7 Å². The smallest absolute Gasteiger partial charge is 0.258 e. The monoisotopic (exact) mass is 1200 g/mol. The lowest BCUT2D eigenvalue weighted by molar-refractivity contribution is -0.128. The highest BCUT2D eigenvalue weighted by Gasteiger charge is 2.40. The number of carbonyl (C=O) groups excluding carboxylic acids is 6. The van der Waals surface area contributed by atoms with Crippen LogP contribution in [0.2, 0.25) is 0 Å². The standard InChI is InChI=1S/C62H58Br2N8O8/c1-35(65-3)57(73)67-49-33-71(53-13-9-7-11-51(53)69(61(49)77)31-47-45-23-21-43(63)29-39(45)19-25-55(47)79-5)59(75)41-17-15-38-28-42(18-16-37(38)27-41)60(76)72-34-50(68-58(74)36(2)66-4)62(78)70(52-12-8-10-14-54(52)72)32-48-46-24-22-44(64)30-40(46)20-26-56(48)80-6/h7-30,35-36,49-50,65-66H,31-34H2,1-6H3,(H,67,73)(H,68,74). The third-order valence-corrected chi connectivity index (χ3v) is 16.1. The number of amides is 6. The summed E-state index contributed by atoms with van der Waals surface area (Å²) < 4.78 is 13.5. The van der Waals surface area contributed by atoms with Crippen LogP contribution in [-0.2, 0) is 32.3 Å². The first-order valence-electron chi connectivity index (χ1n) is 26.0. The van der Waals surface area contributed by atoms with Gasteiger partial charge in [0.25, 0.3) is 23.6 Å². The van der Waals surface area contributed by atoms with Crippen molar-refractivity contribution in [3.05, 3.63) is 177 Å². The summed E-state index contributed by atoms with van der Waals surface area (Å²) >= 11 is 7.15. The number of methoxy groups -OCH3 is 2. The normalized spacial score (nSPS) is 16.1. The molecule has 4 unspecified atom stereocenters. The maximum absolute atomic E-state index is 15.2. The summed E-state index contributed by atoms with van der Waals surface area (Å²) in [7, 11) is 6.46. The lowest BCUT2D eigenvalue weighted by Crippen LogP contribution is -2.55. The Balaban J connectivity index is 0.996. The fourth-order valence-electron chi connectivity index (χ4n) is 10.5. The van der Waals surface area contributed by atoms with Gasteiger partial charge >= 0.3 is 0 Å². The Hall–Kier alpha value is -8.16. The van der Waals surface area contributed by atoms with Gasteiger partial charge in [0.05, 0.1) is 75.2 Å². The number of benzene rings is 8. The molecule has 4 atom stereocenters. The Bertz CT molecular complexity index is 3560. The molecule has 0 spiro atoms. The molecule has 0 saturated carbocycles. The van der Waals surface area contributed by atoms with Crippen molar-refractivity contribution >= 4 is 122 Å². The number of anilines is 4. The minimum Gasteiger partial charge on any atom is -0.496 e. The molecule has 0 saturated heterocycles. The van der Waals surface area contributed by atoms with Gasteiger partial charge in [-0.05, 0) is 145 Å². The SMILES string of the molecule is CNC(C)C(=O)NC1CN(C(=O)c2ccc3cc(C(=O)N4CC(NC(=O)C(C)NC)C(=O)N(Cc5c(OC)ccc6cc(Br)ccc56)c5ccccc54)ccc3c2)c2ccccc2N(Cc2c(OC)ccc3cc(Br)ccc23)C1=O. The molecular weight excluding hydrogens is 1140 g/mol. The van der Waals surface area contributed by atoms with Gasteiger partial charge in [-0.1, -0.05) is 92.5 Å². The highest BCUT2D eigenvalue weighted by atomic mass is 79.9. The van der Waals surface area contributed by atoms with Gasteiger partial charge in [-0.15, -0.1) is 0 Å².